The van der Waals surface area contributed by atoms with E-state index in [1.807, 2.05) is 18.2 Å². The van der Waals surface area contributed by atoms with E-state index in [-0.39, 0.29) is 19.8 Å². The summed E-state index contributed by atoms with van der Waals surface area (Å²) in [5, 5.41) is 0. The molecule has 1 fully saturated rings. The van der Waals surface area contributed by atoms with Gasteiger partial charge in [-0.25, -0.2) is 0 Å². The molecule has 5 heteroatoms. The van der Waals surface area contributed by atoms with Crippen molar-refractivity contribution < 1.29 is 19.1 Å². The molecule has 4 nitrogen and oxygen atoms in total. The normalized spacial score (nSPS) is 26.6. The van der Waals surface area contributed by atoms with E-state index >= 15 is 0 Å². The van der Waals surface area contributed by atoms with Crippen LogP contribution < -0.4 is 4.46 Å². The third-order valence-electron chi connectivity index (χ3n) is 3.17. The summed E-state index contributed by atoms with van der Waals surface area (Å²) in [4.78, 5) is 23.8. The average Bonchev–Trinajstić information content (AvgIpc) is 2.43. The summed E-state index contributed by atoms with van der Waals surface area (Å²) in [5.74, 6) is -0.981. The van der Waals surface area contributed by atoms with Gasteiger partial charge in [0.1, 0.15) is 0 Å². The third-order valence-corrected chi connectivity index (χ3v) is 5.65. The predicted molar refractivity (Wildman–Crippen MR) is 71.3 cm³/mol. The van der Waals surface area contributed by atoms with Crippen molar-refractivity contribution in [3.8, 4) is 0 Å². The monoisotopic (exact) mass is 328 g/mol. The second-order valence-corrected chi connectivity index (χ2v) is 7.56. The maximum absolute atomic E-state index is 11.8. The van der Waals surface area contributed by atoms with Crippen LogP contribution in [-0.4, -0.2) is 40.6 Å². The molecule has 0 spiro atoms. The second kappa shape index (κ2) is 5.76. The number of rotatable bonds is 3. The van der Waals surface area contributed by atoms with Crippen LogP contribution in [-0.2, 0) is 19.1 Å². The maximum atomic E-state index is 11.8. The average molecular weight is 327 g/mol. The van der Waals surface area contributed by atoms with Crippen molar-refractivity contribution in [3.63, 3.8) is 0 Å². The van der Waals surface area contributed by atoms with Gasteiger partial charge < -0.3 is 0 Å². The molecule has 2 rings (SSSR count). The standard InChI is InChI=1S/C14H16O4Se/c1-14(12(15)17-2)8-11(9-18-13(14)16)19-10-6-4-3-5-7-10/h3-7,11H,8-9H2,1-2H3. The van der Waals surface area contributed by atoms with Gasteiger partial charge in [-0.15, -0.1) is 0 Å². The number of hydrogen-bond donors (Lipinski definition) is 0. The van der Waals surface area contributed by atoms with E-state index in [2.05, 4.69) is 12.1 Å². The van der Waals surface area contributed by atoms with Crippen LogP contribution in [0, 0.1) is 5.41 Å². The van der Waals surface area contributed by atoms with Crippen LogP contribution in [0.2, 0.25) is 4.82 Å². The molecule has 1 aromatic rings. The first-order valence-electron chi connectivity index (χ1n) is 6.03. The van der Waals surface area contributed by atoms with E-state index in [4.69, 9.17) is 9.47 Å². The van der Waals surface area contributed by atoms with Crippen molar-refractivity contribution in [2.24, 2.45) is 5.41 Å². The van der Waals surface area contributed by atoms with Gasteiger partial charge in [0.2, 0.25) is 0 Å². The van der Waals surface area contributed by atoms with E-state index < -0.39 is 17.4 Å². The van der Waals surface area contributed by atoms with E-state index in [9.17, 15) is 9.59 Å². The number of benzene rings is 1. The molecule has 0 N–H and O–H groups in total. The van der Waals surface area contributed by atoms with Crippen LogP contribution in [0.1, 0.15) is 13.3 Å². The second-order valence-electron chi connectivity index (χ2n) is 4.68. The SMILES string of the molecule is COC(=O)C1(C)CC([Se]c2ccccc2)COC1=O. The Morgan fingerprint density at radius 1 is 1.42 bits per heavy atom. The van der Waals surface area contributed by atoms with Crippen LogP contribution in [0.25, 0.3) is 0 Å². The molecule has 1 aliphatic heterocycles. The van der Waals surface area contributed by atoms with Crippen molar-refractivity contribution in [2.75, 3.05) is 13.7 Å². The molecule has 1 aromatic carbocycles. The summed E-state index contributed by atoms with van der Waals surface area (Å²) in [6.07, 6.45) is 0.493. The number of esters is 2. The third kappa shape index (κ3) is 2.99. The molecule has 1 heterocycles. The minimum absolute atomic E-state index is 0.178. The number of methoxy groups -OCH3 is 1. The number of ether oxygens (including phenoxy) is 2. The summed E-state index contributed by atoms with van der Waals surface area (Å²) < 4.78 is 11.1. The molecule has 102 valence electrons. The Balaban J connectivity index is 2.09. The molecule has 0 bridgehead atoms. The van der Waals surface area contributed by atoms with Crippen LogP contribution in [0.3, 0.4) is 0 Å². The molecule has 0 amide bonds. The first kappa shape index (κ1) is 14.1. The van der Waals surface area contributed by atoms with Gasteiger partial charge in [0.25, 0.3) is 0 Å². The fourth-order valence-corrected chi connectivity index (χ4v) is 4.71. The first-order valence-corrected chi connectivity index (χ1v) is 7.88. The Kier molecular flexibility index (Phi) is 4.27. The summed E-state index contributed by atoms with van der Waals surface area (Å²) in [5.41, 5.74) is -1.16. The number of cyclic esters (lactones) is 1. The topological polar surface area (TPSA) is 52.6 Å². The molecule has 0 radical (unpaired) electrons. The van der Waals surface area contributed by atoms with Crippen molar-refractivity contribution in [3.05, 3.63) is 30.3 Å². The molecule has 2 atom stereocenters. The summed E-state index contributed by atoms with van der Waals surface area (Å²) in [7, 11) is 1.30. The Labute approximate surface area is 118 Å². The Morgan fingerprint density at radius 3 is 2.74 bits per heavy atom. The molecule has 0 aliphatic carbocycles. The number of carbonyl (C=O) groups is 2. The minimum atomic E-state index is -1.16. The van der Waals surface area contributed by atoms with Gasteiger partial charge >= 0.3 is 118 Å². The Morgan fingerprint density at radius 2 is 2.11 bits per heavy atom. The Bertz CT molecular complexity index is 464. The van der Waals surface area contributed by atoms with Crippen molar-refractivity contribution in [1.82, 2.24) is 0 Å². The van der Waals surface area contributed by atoms with Gasteiger partial charge in [0, 0.05) is 0 Å². The quantitative estimate of drug-likeness (QED) is 0.471. The summed E-state index contributed by atoms with van der Waals surface area (Å²) >= 11 is 0.178. The van der Waals surface area contributed by atoms with E-state index in [0.29, 0.717) is 13.0 Å². The summed E-state index contributed by atoms with van der Waals surface area (Å²) in [6.45, 7) is 1.99. The van der Waals surface area contributed by atoms with Gasteiger partial charge in [0.15, 0.2) is 0 Å². The van der Waals surface area contributed by atoms with Crippen molar-refractivity contribution in [1.29, 1.82) is 0 Å². The number of hydrogen-bond acceptors (Lipinski definition) is 4. The number of carbonyl (C=O) groups excluding carboxylic acids is 2. The zero-order valence-electron chi connectivity index (χ0n) is 10.9. The van der Waals surface area contributed by atoms with Crippen molar-refractivity contribution >= 4 is 31.4 Å². The fraction of sp³-hybridized carbons (Fsp3) is 0.429. The van der Waals surface area contributed by atoms with Gasteiger partial charge in [-0.3, -0.25) is 0 Å². The van der Waals surface area contributed by atoms with Gasteiger partial charge in [-0.05, 0) is 0 Å². The van der Waals surface area contributed by atoms with Crippen LogP contribution in [0.4, 0.5) is 0 Å². The molecule has 1 saturated heterocycles. The van der Waals surface area contributed by atoms with Gasteiger partial charge in [-0.2, -0.15) is 0 Å². The van der Waals surface area contributed by atoms with Gasteiger partial charge in [0.05, 0.1) is 0 Å². The van der Waals surface area contributed by atoms with Crippen LogP contribution in [0.15, 0.2) is 30.3 Å². The predicted octanol–water partition coefficient (Wildman–Crippen LogP) is 0.931. The van der Waals surface area contributed by atoms with Crippen LogP contribution >= 0.6 is 0 Å². The van der Waals surface area contributed by atoms with Gasteiger partial charge in [-0.1, -0.05) is 0 Å². The molecular weight excluding hydrogens is 311 g/mol. The first-order chi connectivity index (χ1) is 9.06. The molecule has 2 unspecified atom stereocenters. The molecule has 1 aliphatic rings. The van der Waals surface area contributed by atoms with Crippen molar-refractivity contribution in [2.45, 2.75) is 18.2 Å². The molecule has 0 aromatic heterocycles. The molecule has 0 saturated carbocycles. The summed E-state index contributed by atoms with van der Waals surface area (Å²) in [6, 6.07) is 10.1. The van der Waals surface area contributed by atoms with Crippen LogP contribution in [0.5, 0.6) is 0 Å². The fourth-order valence-electron chi connectivity index (χ4n) is 2.08. The molecular formula is C14H16O4Se. The zero-order valence-corrected chi connectivity index (χ0v) is 12.6. The molecule has 19 heavy (non-hydrogen) atoms. The van der Waals surface area contributed by atoms with E-state index in [1.165, 1.54) is 11.6 Å². The van der Waals surface area contributed by atoms with E-state index in [1.54, 1.807) is 6.92 Å². The zero-order chi connectivity index (χ0) is 13.9. The Hall–Kier alpha value is -1.32. The van der Waals surface area contributed by atoms with E-state index in [0.717, 1.165) is 0 Å².